The van der Waals surface area contributed by atoms with Crippen LogP contribution < -0.4 is 5.32 Å². The third-order valence-electron chi connectivity index (χ3n) is 3.07. The van der Waals surface area contributed by atoms with Gasteiger partial charge in [-0.1, -0.05) is 0 Å². The second-order valence-electron chi connectivity index (χ2n) is 5.22. The highest BCUT2D eigenvalue weighted by Gasteiger charge is 2.45. The molecule has 0 unspecified atom stereocenters. The highest BCUT2D eigenvalue weighted by Crippen LogP contribution is 2.22. The fourth-order valence-corrected chi connectivity index (χ4v) is 2.06. The predicted octanol–water partition coefficient (Wildman–Crippen LogP) is -1.63. The van der Waals surface area contributed by atoms with Crippen LogP contribution in [0.15, 0.2) is 0 Å². The number of hydrogen-bond acceptors (Lipinski definition) is 7. The van der Waals surface area contributed by atoms with Crippen molar-refractivity contribution in [1.29, 1.82) is 0 Å². The van der Waals surface area contributed by atoms with Crippen LogP contribution in [0.25, 0.3) is 0 Å². The van der Waals surface area contributed by atoms with Gasteiger partial charge in [0.2, 0.25) is 5.91 Å². The number of carbonyl (C=O) groups is 1. The number of nitrogens with one attached hydrogen (secondary N) is 1. The highest BCUT2D eigenvalue weighted by atomic mass is 16.7. The fourth-order valence-electron chi connectivity index (χ4n) is 2.06. The minimum absolute atomic E-state index is 0.0598. The first-order valence-electron chi connectivity index (χ1n) is 6.99. The molecule has 1 saturated heterocycles. The van der Waals surface area contributed by atoms with Crippen molar-refractivity contribution in [3.05, 3.63) is 0 Å². The minimum atomic E-state index is -1.31. The summed E-state index contributed by atoms with van der Waals surface area (Å²) in [7, 11) is 0. The minimum Gasteiger partial charge on any atom is -0.394 e. The van der Waals surface area contributed by atoms with Crippen molar-refractivity contribution in [2.45, 2.75) is 57.5 Å². The number of hydrogen-bond donors (Lipinski definition) is 4. The summed E-state index contributed by atoms with van der Waals surface area (Å²) < 4.78 is 16.2. The number of rotatable bonds is 7. The number of aliphatic hydroxyl groups is 3. The normalized spacial score (nSPS) is 33.2. The second-order valence-corrected chi connectivity index (χ2v) is 5.22. The van der Waals surface area contributed by atoms with Crippen LogP contribution in [0.1, 0.15) is 20.8 Å². The fraction of sp³-hybridized carbons (Fsp3) is 0.923. The molecule has 0 aromatic carbocycles. The molecule has 1 heterocycles. The van der Waals surface area contributed by atoms with Crippen molar-refractivity contribution in [3.8, 4) is 0 Å². The van der Waals surface area contributed by atoms with Gasteiger partial charge >= 0.3 is 0 Å². The lowest BCUT2D eigenvalue weighted by atomic mass is 9.97. The molecule has 5 atom stereocenters. The van der Waals surface area contributed by atoms with E-state index in [4.69, 9.17) is 19.3 Å². The van der Waals surface area contributed by atoms with Gasteiger partial charge in [-0.25, -0.2) is 0 Å². The van der Waals surface area contributed by atoms with E-state index in [1.807, 2.05) is 13.8 Å². The number of aliphatic hydroxyl groups excluding tert-OH is 3. The van der Waals surface area contributed by atoms with E-state index in [1.54, 1.807) is 0 Å². The van der Waals surface area contributed by atoms with Gasteiger partial charge < -0.3 is 34.8 Å². The van der Waals surface area contributed by atoms with Crippen molar-refractivity contribution in [2.75, 3.05) is 19.8 Å². The van der Waals surface area contributed by atoms with Crippen LogP contribution in [0.4, 0.5) is 0 Å². The van der Waals surface area contributed by atoms with Gasteiger partial charge in [0, 0.05) is 6.92 Å². The summed E-state index contributed by atoms with van der Waals surface area (Å²) in [4.78, 5) is 11.2. The summed E-state index contributed by atoms with van der Waals surface area (Å²) in [6.07, 6.45) is -4.49. The molecule has 0 bridgehead atoms. The zero-order valence-electron chi connectivity index (χ0n) is 12.6. The molecule has 0 aromatic rings. The Kier molecular flexibility index (Phi) is 7.50. The Labute approximate surface area is 124 Å². The van der Waals surface area contributed by atoms with Crippen molar-refractivity contribution in [1.82, 2.24) is 5.32 Å². The van der Waals surface area contributed by atoms with E-state index >= 15 is 0 Å². The quantitative estimate of drug-likeness (QED) is 0.417. The molecular formula is C13H25NO7. The summed E-state index contributed by atoms with van der Waals surface area (Å²) >= 11 is 0. The zero-order valence-corrected chi connectivity index (χ0v) is 12.6. The molecule has 1 fully saturated rings. The lowest BCUT2D eigenvalue weighted by Gasteiger charge is -2.42. The van der Waals surface area contributed by atoms with Gasteiger partial charge in [0.15, 0.2) is 6.29 Å². The molecule has 1 aliphatic rings. The van der Waals surface area contributed by atoms with Crippen LogP contribution in [0.5, 0.6) is 0 Å². The lowest BCUT2D eigenvalue weighted by Crippen LogP contribution is -2.64. The van der Waals surface area contributed by atoms with E-state index in [0.717, 1.165) is 0 Å². The van der Waals surface area contributed by atoms with E-state index in [2.05, 4.69) is 5.32 Å². The molecule has 21 heavy (non-hydrogen) atoms. The summed E-state index contributed by atoms with van der Waals surface area (Å²) in [6.45, 7) is 5.12. The van der Waals surface area contributed by atoms with Crippen LogP contribution in [0.2, 0.25) is 0 Å². The average molecular weight is 307 g/mol. The van der Waals surface area contributed by atoms with Crippen LogP contribution in [-0.2, 0) is 19.0 Å². The Bertz CT molecular complexity index is 326. The predicted molar refractivity (Wildman–Crippen MR) is 72.4 cm³/mol. The largest absolute Gasteiger partial charge is 0.394 e. The molecule has 8 nitrogen and oxygen atoms in total. The molecule has 8 heteroatoms. The van der Waals surface area contributed by atoms with Gasteiger partial charge in [0.25, 0.3) is 0 Å². The molecule has 1 amide bonds. The molecule has 0 saturated carbocycles. The van der Waals surface area contributed by atoms with Crippen LogP contribution in [-0.4, -0.2) is 77.8 Å². The van der Waals surface area contributed by atoms with Crippen molar-refractivity contribution in [3.63, 3.8) is 0 Å². The first-order valence-corrected chi connectivity index (χ1v) is 6.99. The highest BCUT2D eigenvalue weighted by molar-refractivity contribution is 5.73. The Morgan fingerprint density at radius 3 is 2.48 bits per heavy atom. The van der Waals surface area contributed by atoms with Crippen LogP contribution in [0, 0.1) is 0 Å². The van der Waals surface area contributed by atoms with Gasteiger partial charge in [0.1, 0.15) is 24.4 Å². The maximum atomic E-state index is 11.2. The van der Waals surface area contributed by atoms with Gasteiger partial charge in [-0.2, -0.15) is 0 Å². The van der Waals surface area contributed by atoms with Crippen molar-refractivity contribution in [2.24, 2.45) is 0 Å². The van der Waals surface area contributed by atoms with Crippen LogP contribution >= 0.6 is 0 Å². The number of carbonyl (C=O) groups excluding carboxylic acids is 1. The van der Waals surface area contributed by atoms with E-state index in [9.17, 15) is 15.0 Å². The van der Waals surface area contributed by atoms with E-state index in [0.29, 0.717) is 6.61 Å². The number of amides is 1. The molecule has 0 radical (unpaired) electrons. The van der Waals surface area contributed by atoms with E-state index < -0.39 is 37.3 Å². The molecule has 124 valence electrons. The summed E-state index contributed by atoms with van der Waals surface area (Å²) in [6, 6.07) is -0.917. The molecule has 1 rings (SSSR count). The Morgan fingerprint density at radius 2 is 1.95 bits per heavy atom. The Balaban J connectivity index is 2.62. The van der Waals surface area contributed by atoms with Crippen molar-refractivity contribution >= 4 is 5.91 Å². The molecule has 0 aromatic heterocycles. The van der Waals surface area contributed by atoms with Gasteiger partial charge in [-0.05, 0) is 13.8 Å². The maximum Gasteiger partial charge on any atom is 0.217 e. The summed E-state index contributed by atoms with van der Waals surface area (Å²) in [5, 5.41) is 31.5. The van der Waals surface area contributed by atoms with E-state index in [-0.39, 0.29) is 18.6 Å². The smallest absolute Gasteiger partial charge is 0.217 e. The van der Waals surface area contributed by atoms with Gasteiger partial charge in [-0.3, -0.25) is 4.79 Å². The topological polar surface area (TPSA) is 117 Å². The molecule has 1 aliphatic heterocycles. The molecule has 4 N–H and O–H groups in total. The molecule has 0 spiro atoms. The third kappa shape index (κ3) is 5.50. The monoisotopic (exact) mass is 307 g/mol. The molecular weight excluding hydrogens is 282 g/mol. The standard InChI is InChI=1S/C13H25NO7/c1-7(2)19-4-5-20-13-10(14-8(3)16)12(18)11(17)9(6-15)21-13/h7,9-13,15,17-18H,4-6H2,1-3H3,(H,14,16)/t9-,10-,11+,12-,13-/m1/s1. The summed E-state index contributed by atoms with van der Waals surface area (Å²) in [5.41, 5.74) is 0. The lowest BCUT2D eigenvalue weighted by molar-refractivity contribution is -0.272. The SMILES string of the molecule is CC(=O)N[C@H]1[C@H](OCCOC(C)C)O[C@H](CO)[C@H](O)[C@@H]1O. The number of ether oxygens (including phenoxy) is 3. The Morgan fingerprint density at radius 1 is 1.29 bits per heavy atom. The van der Waals surface area contributed by atoms with Gasteiger partial charge in [0.05, 0.1) is 25.9 Å². The first-order chi connectivity index (χ1) is 9.86. The third-order valence-corrected chi connectivity index (χ3v) is 3.07. The molecule has 0 aliphatic carbocycles. The van der Waals surface area contributed by atoms with Crippen LogP contribution in [0.3, 0.4) is 0 Å². The summed E-state index contributed by atoms with van der Waals surface area (Å²) in [5.74, 6) is -0.385. The van der Waals surface area contributed by atoms with E-state index in [1.165, 1.54) is 6.92 Å². The average Bonchev–Trinajstić information content (AvgIpc) is 2.41. The zero-order chi connectivity index (χ0) is 16.0. The van der Waals surface area contributed by atoms with Crippen molar-refractivity contribution < 1.29 is 34.3 Å². The maximum absolute atomic E-state index is 11.2. The first kappa shape index (κ1) is 18.3. The van der Waals surface area contributed by atoms with Gasteiger partial charge in [-0.15, -0.1) is 0 Å². The second kappa shape index (κ2) is 8.62. The Hall–Kier alpha value is -0.770.